The van der Waals surface area contributed by atoms with Gasteiger partial charge in [0.1, 0.15) is 18.1 Å². The average molecular weight is 309 g/mol. The lowest BCUT2D eigenvalue weighted by molar-refractivity contribution is -0.702. The summed E-state index contributed by atoms with van der Waals surface area (Å²) in [5, 5.41) is 2.18. The summed E-state index contributed by atoms with van der Waals surface area (Å²) < 4.78 is 21.9. The highest BCUT2D eigenvalue weighted by Crippen LogP contribution is 2.29. The van der Waals surface area contributed by atoms with Gasteiger partial charge in [0.25, 0.3) is 0 Å². The Morgan fingerprint density at radius 3 is 2.87 bits per heavy atom. The minimum atomic E-state index is -0.203. The Labute approximate surface area is 134 Å². The summed E-state index contributed by atoms with van der Waals surface area (Å²) in [6.45, 7) is 0.805. The standard InChI is InChI=1S/C19H17FN2O/c1-23-14-8-9-16(20)15(11-14)19-18-7-4-10-22(18)17-6-3-2-5-13(17)12-21-19/h2-11,19,21H,12H2,1H3/p+1/t19-/m1/s1. The van der Waals surface area contributed by atoms with E-state index >= 15 is 0 Å². The highest BCUT2D eigenvalue weighted by atomic mass is 19.1. The van der Waals surface area contributed by atoms with Crippen LogP contribution in [-0.2, 0) is 6.54 Å². The molecular formula is C19H18FN2O+. The van der Waals surface area contributed by atoms with Gasteiger partial charge in [-0.05, 0) is 36.4 Å². The topological polar surface area (TPSA) is 30.8 Å². The molecule has 1 aliphatic heterocycles. The number of nitrogens with zero attached hydrogens (tertiary/aromatic N) is 1. The Kier molecular flexibility index (Phi) is 3.39. The van der Waals surface area contributed by atoms with Gasteiger partial charge in [-0.15, -0.1) is 0 Å². The summed E-state index contributed by atoms with van der Waals surface area (Å²) in [4.78, 5) is 0. The van der Waals surface area contributed by atoms with E-state index in [1.807, 2.05) is 24.4 Å². The van der Waals surface area contributed by atoms with Crippen molar-refractivity contribution in [3.63, 3.8) is 0 Å². The first kappa shape index (κ1) is 14.0. The second-order valence-corrected chi connectivity index (χ2v) is 5.74. The minimum Gasteiger partial charge on any atom is -0.497 e. The first-order chi connectivity index (χ1) is 11.3. The fourth-order valence-corrected chi connectivity index (χ4v) is 3.32. The molecule has 1 atom stereocenters. The Hall–Kier alpha value is -2.59. The first-order valence-electron chi connectivity index (χ1n) is 7.70. The lowest BCUT2D eigenvalue weighted by Gasteiger charge is -2.16. The molecule has 2 aromatic carbocycles. The molecule has 0 unspecified atom stereocenters. The zero-order valence-electron chi connectivity index (χ0n) is 12.9. The number of fused-ring (bicyclic) bond motifs is 3. The maximum Gasteiger partial charge on any atom is 0.156 e. The summed E-state index contributed by atoms with van der Waals surface area (Å²) in [6, 6.07) is 17.2. The number of para-hydroxylation sites is 1. The summed E-state index contributed by atoms with van der Waals surface area (Å²) in [5.74, 6) is 0.473. The molecule has 116 valence electrons. The SMILES string of the molecule is COc1ccc(F)c([C@H]2[NH2+]Cc3ccccc3-n3cccc32)c1. The van der Waals surface area contributed by atoms with E-state index in [1.165, 1.54) is 11.6 Å². The molecule has 3 aromatic rings. The molecule has 3 nitrogen and oxygen atoms in total. The molecule has 0 amide bonds. The number of hydrogen-bond donors (Lipinski definition) is 1. The van der Waals surface area contributed by atoms with Gasteiger partial charge in [0.15, 0.2) is 6.04 Å². The molecule has 1 aromatic heterocycles. The molecule has 1 aliphatic rings. The van der Waals surface area contributed by atoms with E-state index in [0.717, 1.165) is 17.9 Å². The molecule has 0 radical (unpaired) electrons. The lowest BCUT2D eigenvalue weighted by Crippen LogP contribution is -2.83. The number of rotatable bonds is 2. The maximum absolute atomic E-state index is 14.5. The van der Waals surface area contributed by atoms with Crippen LogP contribution in [0.4, 0.5) is 4.39 Å². The normalized spacial score (nSPS) is 16.3. The van der Waals surface area contributed by atoms with E-state index in [2.05, 4.69) is 28.1 Å². The van der Waals surface area contributed by atoms with Crippen LogP contribution in [0.5, 0.6) is 5.75 Å². The van der Waals surface area contributed by atoms with Gasteiger partial charge < -0.3 is 14.6 Å². The molecular weight excluding hydrogens is 291 g/mol. The van der Waals surface area contributed by atoms with Crippen LogP contribution in [0, 0.1) is 5.82 Å². The van der Waals surface area contributed by atoms with Crippen LogP contribution in [0.25, 0.3) is 5.69 Å². The van der Waals surface area contributed by atoms with Gasteiger partial charge in [-0.2, -0.15) is 0 Å². The van der Waals surface area contributed by atoms with Gasteiger partial charge in [-0.1, -0.05) is 18.2 Å². The smallest absolute Gasteiger partial charge is 0.156 e. The zero-order chi connectivity index (χ0) is 15.8. The molecule has 0 saturated heterocycles. The fraction of sp³-hybridized carbons (Fsp3) is 0.158. The highest BCUT2D eigenvalue weighted by molar-refractivity contribution is 5.45. The van der Waals surface area contributed by atoms with Crippen molar-refractivity contribution in [2.24, 2.45) is 0 Å². The number of halogens is 1. The van der Waals surface area contributed by atoms with Crippen molar-refractivity contribution in [3.8, 4) is 11.4 Å². The van der Waals surface area contributed by atoms with Crippen molar-refractivity contribution < 1.29 is 14.4 Å². The van der Waals surface area contributed by atoms with Crippen LogP contribution in [0.3, 0.4) is 0 Å². The van der Waals surface area contributed by atoms with E-state index in [9.17, 15) is 4.39 Å². The minimum absolute atomic E-state index is 0.104. The Morgan fingerprint density at radius 1 is 1.13 bits per heavy atom. The molecule has 0 bridgehead atoms. The van der Waals surface area contributed by atoms with Crippen LogP contribution in [0.2, 0.25) is 0 Å². The predicted molar refractivity (Wildman–Crippen MR) is 86.2 cm³/mol. The quantitative estimate of drug-likeness (QED) is 0.775. The van der Waals surface area contributed by atoms with Crippen molar-refractivity contribution in [1.29, 1.82) is 0 Å². The molecule has 0 aliphatic carbocycles. The van der Waals surface area contributed by atoms with E-state index in [4.69, 9.17) is 4.74 Å². The summed E-state index contributed by atoms with van der Waals surface area (Å²) >= 11 is 0. The summed E-state index contributed by atoms with van der Waals surface area (Å²) in [6.07, 6.45) is 2.04. The largest absolute Gasteiger partial charge is 0.497 e. The van der Waals surface area contributed by atoms with E-state index in [1.54, 1.807) is 19.2 Å². The second kappa shape index (κ2) is 5.56. The molecule has 23 heavy (non-hydrogen) atoms. The highest BCUT2D eigenvalue weighted by Gasteiger charge is 2.28. The van der Waals surface area contributed by atoms with Crippen molar-refractivity contribution in [1.82, 2.24) is 4.57 Å². The van der Waals surface area contributed by atoms with Crippen LogP contribution in [0.1, 0.15) is 22.9 Å². The third kappa shape index (κ3) is 2.32. The number of quaternary nitrogens is 1. The summed E-state index contributed by atoms with van der Waals surface area (Å²) in [7, 11) is 1.60. The number of benzene rings is 2. The van der Waals surface area contributed by atoms with E-state index < -0.39 is 0 Å². The predicted octanol–water partition coefficient (Wildman–Crippen LogP) is 2.79. The van der Waals surface area contributed by atoms with Crippen LogP contribution in [0.15, 0.2) is 60.8 Å². The van der Waals surface area contributed by atoms with Gasteiger partial charge in [0, 0.05) is 11.8 Å². The fourth-order valence-electron chi connectivity index (χ4n) is 3.32. The number of ether oxygens (including phenoxy) is 1. The molecule has 4 rings (SSSR count). The molecule has 2 N–H and O–H groups in total. The first-order valence-corrected chi connectivity index (χ1v) is 7.70. The van der Waals surface area contributed by atoms with E-state index in [0.29, 0.717) is 11.3 Å². The van der Waals surface area contributed by atoms with Gasteiger partial charge in [-0.3, -0.25) is 0 Å². The number of aromatic nitrogens is 1. The van der Waals surface area contributed by atoms with Crippen molar-refractivity contribution >= 4 is 0 Å². The molecule has 0 fully saturated rings. The van der Waals surface area contributed by atoms with E-state index in [-0.39, 0.29) is 11.9 Å². The maximum atomic E-state index is 14.5. The van der Waals surface area contributed by atoms with Crippen molar-refractivity contribution in [3.05, 3.63) is 83.4 Å². The molecule has 0 spiro atoms. The third-order valence-corrected chi connectivity index (χ3v) is 4.46. The number of methoxy groups -OCH3 is 1. The molecule has 4 heteroatoms. The second-order valence-electron chi connectivity index (χ2n) is 5.74. The Balaban J connectivity index is 1.87. The molecule has 2 heterocycles. The average Bonchev–Trinajstić information content (AvgIpc) is 3.00. The van der Waals surface area contributed by atoms with Crippen LogP contribution >= 0.6 is 0 Å². The number of nitrogens with two attached hydrogens (primary N) is 1. The third-order valence-electron chi connectivity index (χ3n) is 4.46. The van der Waals surface area contributed by atoms with Gasteiger partial charge in [0.2, 0.25) is 0 Å². The van der Waals surface area contributed by atoms with Crippen LogP contribution < -0.4 is 10.1 Å². The van der Waals surface area contributed by atoms with Crippen molar-refractivity contribution in [2.45, 2.75) is 12.6 Å². The zero-order valence-corrected chi connectivity index (χ0v) is 12.9. The van der Waals surface area contributed by atoms with Gasteiger partial charge in [0.05, 0.1) is 24.1 Å². The lowest BCUT2D eigenvalue weighted by atomic mass is 10.0. The molecule has 0 saturated carbocycles. The Bertz CT molecular complexity index is 856. The summed E-state index contributed by atoms with van der Waals surface area (Å²) in [5.41, 5.74) is 4.13. The monoisotopic (exact) mass is 309 g/mol. The van der Waals surface area contributed by atoms with Crippen molar-refractivity contribution in [2.75, 3.05) is 7.11 Å². The van der Waals surface area contributed by atoms with Crippen LogP contribution in [-0.4, -0.2) is 11.7 Å². The van der Waals surface area contributed by atoms with Gasteiger partial charge >= 0.3 is 0 Å². The Morgan fingerprint density at radius 2 is 2.00 bits per heavy atom. The van der Waals surface area contributed by atoms with Gasteiger partial charge in [-0.25, -0.2) is 4.39 Å². The number of hydrogen-bond acceptors (Lipinski definition) is 1.